The number of hydrogen-bond donors (Lipinski definition) is 1. The second-order valence-corrected chi connectivity index (χ2v) is 5.75. The van der Waals surface area contributed by atoms with Crippen LogP contribution >= 0.6 is 15.9 Å². The van der Waals surface area contributed by atoms with Gasteiger partial charge in [0.25, 0.3) is 0 Å². The third kappa shape index (κ3) is 1.66. The molecule has 1 aliphatic heterocycles. The van der Waals surface area contributed by atoms with Gasteiger partial charge in [0, 0.05) is 11.1 Å². The van der Waals surface area contributed by atoms with E-state index in [0.717, 1.165) is 34.4 Å². The molecule has 0 amide bonds. The predicted molar refractivity (Wildman–Crippen MR) is 69.6 cm³/mol. The van der Waals surface area contributed by atoms with Crippen LogP contribution in [0.4, 0.5) is 0 Å². The Hall–Kier alpha value is -0.740. The van der Waals surface area contributed by atoms with Crippen molar-refractivity contribution < 1.29 is 9.47 Å². The maximum atomic E-state index is 6.41. The van der Waals surface area contributed by atoms with E-state index in [1.807, 2.05) is 0 Å². The zero-order valence-corrected chi connectivity index (χ0v) is 11.5. The lowest BCUT2D eigenvalue weighted by molar-refractivity contribution is 0.167. The normalized spacial score (nSPS) is 20.9. The fraction of sp³-hybridized carbons (Fsp3) is 0.538. The molecule has 4 heteroatoms. The minimum absolute atomic E-state index is 0.164. The van der Waals surface area contributed by atoms with Crippen molar-refractivity contribution in [1.82, 2.24) is 0 Å². The average molecular weight is 298 g/mol. The number of rotatable bonds is 1. The summed E-state index contributed by atoms with van der Waals surface area (Å²) in [7, 11) is 0. The molecule has 0 radical (unpaired) electrons. The first kappa shape index (κ1) is 11.4. The topological polar surface area (TPSA) is 44.5 Å². The molecule has 1 aliphatic carbocycles. The van der Waals surface area contributed by atoms with E-state index in [9.17, 15) is 0 Å². The van der Waals surface area contributed by atoms with E-state index in [1.54, 1.807) is 0 Å². The Morgan fingerprint density at radius 3 is 2.47 bits per heavy atom. The van der Waals surface area contributed by atoms with Crippen LogP contribution in [0.15, 0.2) is 10.5 Å². The zero-order valence-electron chi connectivity index (χ0n) is 9.88. The molecule has 0 bridgehead atoms. The Morgan fingerprint density at radius 1 is 1.24 bits per heavy atom. The van der Waals surface area contributed by atoms with Gasteiger partial charge in [-0.2, -0.15) is 0 Å². The van der Waals surface area contributed by atoms with E-state index in [-0.39, 0.29) is 5.54 Å². The zero-order chi connectivity index (χ0) is 12.0. The number of benzene rings is 1. The van der Waals surface area contributed by atoms with Gasteiger partial charge in [0.1, 0.15) is 13.2 Å². The van der Waals surface area contributed by atoms with Gasteiger partial charge >= 0.3 is 0 Å². The predicted octanol–water partition coefficient (Wildman–Crippen LogP) is 2.87. The third-order valence-electron chi connectivity index (χ3n) is 3.80. The number of halogens is 1. The first-order valence-corrected chi connectivity index (χ1v) is 6.79. The molecule has 1 aromatic rings. The van der Waals surface area contributed by atoms with Gasteiger partial charge in [0.2, 0.25) is 0 Å². The number of hydrogen-bond acceptors (Lipinski definition) is 3. The lowest BCUT2D eigenvalue weighted by atomic mass is 9.71. The van der Waals surface area contributed by atoms with Crippen LogP contribution in [0.5, 0.6) is 11.5 Å². The van der Waals surface area contributed by atoms with Crippen LogP contribution in [0, 0.1) is 6.92 Å². The smallest absolute Gasteiger partial charge is 0.175 e. The van der Waals surface area contributed by atoms with E-state index < -0.39 is 0 Å². The largest absolute Gasteiger partial charge is 0.486 e. The van der Waals surface area contributed by atoms with Crippen molar-refractivity contribution in [3.63, 3.8) is 0 Å². The Bertz CT molecular complexity index is 469. The highest BCUT2D eigenvalue weighted by molar-refractivity contribution is 9.10. The lowest BCUT2D eigenvalue weighted by Gasteiger charge is -2.40. The highest BCUT2D eigenvalue weighted by Gasteiger charge is 2.37. The van der Waals surface area contributed by atoms with Crippen LogP contribution in [0.1, 0.15) is 30.4 Å². The summed E-state index contributed by atoms with van der Waals surface area (Å²) in [6.45, 7) is 3.29. The lowest BCUT2D eigenvalue weighted by Crippen LogP contribution is -2.44. The molecular weight excluding hydrogens is 282 g/mol. The fourth-order valence-electron chi connectivity index (χ4n) is 2.64. The van der Waals surface area contributed by atoms with E-state index in [4.69, 9.17) is 15.2 Å². The summed E-state index contributed by atoms with van der Waals surface area (Å²) in [5.41, 5.74) is 8.57. The molecule has 92 valence electrons. The Balaban J connectivity index is 2.14. The first-order valence-electron chi connectivity index (χ1n) is 6.00. The van der Waals surface area contributed by atoms with Gasteiger partial charge in [-0.25, -0.2) is 0 Å². The van der Waals surface area contributed by atoms with Crippen LogP contribution in [-0.2, 0) is 5.54 Å². The van der Waals surface area contributed by atoms with Crippen LogP contribution in [-0.4, -0.2) is 13.2 Å². The van der Waals surface area contributed by atoms with Gasteiger partial charge < -0.3 is 15.2 Å². The maximum Gasteiger partial charge on any atom is 0.175 e. The molecule has 3 rings (SSSR count). The average Bonchev–Trinajstić information content (AvgIpc) is 2.31. The molecule has 2 N–H and O–H groups in total. The van der Waals surface area contributed by atoms with Crippen molar-refractivity contribution in [2.75, 3.05) is 13.2 Å². The van der Waals surface area contributed by atoms with Gasteiger partial charge in [-0.15, -0.1) is 0 Å². The molecule has 1 aromatic carbocycles. The molecule has 1 heterocycles. The second-order valence-electron chi connectivity index (χ2n) is 4.90. The SMILES string of the molecule is Cc1c(C2(N)CCC2)cc(Br)c2c1OCCO2. The molecule has 0 saturated heterocycles. The number of ether oxygens (including phenoxy) is 2. The van der Waals surface area contributed by atoms with E-state index in [0.29, 0.717) is 13.2 Å². The van der Waals surface area contributed by atoms with Gasteiger partial charge in [-0.1, -0.05) is 0 Å². The van der Waals surface area contributed by atoms with E-state index in [2.05, 4.69) is 28.9 Å². The van der Waals surface area contributed by atoms with Crippen LogP contribution in [0.25, 0.3) is 0 Å². The maximum absolute atomic E-state index is 6.41. The highest BCUT2D eigenvalue weighted by Crippen LogP contribution is 2.48. The summed E-state index contributed by atoms with van der Waals surface area (Å²) < 4.78 is 12.3. The summed E-state index contributed by atoms with van der Waals surface area (Å²) in [6, 6.07) is 2.10. The summed E-state index contributed by atoms with van der Waals surface area (Å²) in [4.78, 5) is 0. The number of fused-ring (bicyclic) bond motifs is 1. The van der Waals surface area contributed by atoms with E-state index in [1.165, 1.54) is 12.0 Å². The molecule has 0 aromatic heterocycles. The summed E-state index contributed by atoms with van der Waals surface area (Å²) >= 11 is 3.55. The van der Waals surface area contributed by atoms with Crippen LogP contribution in [0.3, 0.4) is 0 Å². The molecule has 1 fully saturated rings. The van der Waals surface area contributed by atoms with Crippen molar-refractivity contribution in [2.24, 2.45) is 5.73 Å². The van der Waals surface area contributed by atoms with Gasteiger partial charge in [0.15, 0.2) is 11.5 Å². The Labute approximate surface area is 109 Å². The molecule has 0 spiro atoms. The van der Waals surface area contributed by atoms with Crippen molar-refractivity contribution in [3.05, 3.63) is 21.7 Å². The quantitative estimate of drug-likeness (QED) is 0.867. The molecule has 3 nitrogen and oxygen atoms in total. The van der Waals surface area contributed by atoms with Crippen molar-refractivity contribution in [2.45, 2.75) is 31.7 Å². The first-order chi connectivity index (χ1) is 8.12. The summed E-state index contributed by atoms with van der Waals surface area (Å²) in [6.07, 6.45) is 3.32. The number of nitrogens with two attached hydrogens (primary N) is 1. The molecule has 2 aliphatic rings. The van der Waals surface area contributed by atoms with E-state index >= 15 is 0 Å². The summed E-state index contributed by atoms with van der Waals surface area (Å²) in [5.74, 6) is 1.68. The molecule has 0 atom stereocenters. The van der Waals surface area contributed by atoms with Crippen molar-refractivity contribution in [1.29, 1.82) is 0 Å². The Morgan fingerprint density at radius 2 is 1.88 bits per heavy atom. The van der Waals surface area contributed by atoms with Gasteiger partial charge in [-0.05, 0) is 53.7 Å². The monoisotopic (exact) mass is 297 g/mol. The molecule has 0 unspecified atom stereocenters. The standard InChI is InChI=1S/C13H16BrNO2/c1-8-9(13(15)3-2-4-13)7-10(14)12-11(8)16-5-6-17-12/h7H,2-6,15H2,1H3. The van der Waals surface area contributed by atoms with Crippen LogP contribution < -0.4 is 15.2 Å². The van der Waals surface area contributed by atoms with Crippen molar-refractivity contribution >= 4 is 15.9 Å². The molecule has 17 heavy (non-hydrogen) atoms. The third-order valence-corrected chi connectivity index (χ3v) is 4.39. The van der Waals surface area contributed by atoms with Crippen LogP contribution in [0.2, 0.25) is 0 Å². The van der Waals surface area contributed by atoms with Crippen molar-refractivity contribution in [3.8, 4) is 11.5 Å². The molecular formula is C13H16BrNO2. The van der Waals surface area contributed by atoms with Gasteiger partial charge in [-0.3, -0.25) is 0 Å². The minimum atomic E-state index is -0.164. The highest BCUT2D eigenvalue weighted by atomic mass is 79.9. The second kappa shape index (κ2) is 3.89. The Kier molecular flexibility index (Phi) is 2.60. The minimum Gasteiger partial charge on any atom is -0.486 e. The summed E-state index contributed by atoms with van der Waals surface area (Å²) in [5, 5.41) is 0. The van der Waals surface area contributed by atoms with Gasteiger partial charge in [0.05, 0.1) is 4.47 Å². The fourth-order valence-corrected chi connectivity index (χ4v) is 3.16. The molecule has 1 saturated carbocycles.